The van der Waals surface area contributed by atoms with Gasteiger partial charge in [0.1, 0.15) is 5.75 Å². The largest absolute Gasteiger partial charge is 0.506 e. The number of anilines is 1. The highest BCUT2D eigenvalue weighted by molar-refractivity contribution is 5.80. The van der Waals surface area contributed by atoms with Crippen LogP contribution in [0.3, 0.4) is 0 Å². The smallest absolute Gasteiger partial charge is 0.194 e. The molecule has 3 rings (SSSR count). The fraction of sp³-hybridized carbons (Fsp3) is 0.381. The molecule has 2 N–H and O–H groups in total. The van der Waals surface area contributed by atoms with Gasteiger partial charge in [-0.3, -0.25) is 4.99 Å². The molecule has 0 unspecified atom stereocenters. The van der Waals surface area contributed by atoms with Gasteiger partial charge in [0, 0.05) is 45.3 Å². The van der Waals surface area contributed by atoms with Crippen LogP contribution in [0.5, 0.6) is 17.2 Å². The van der Waals surface area contributed by atoms with Crippen molar-refractivity contribution in [2.75, 3.05) is 52.3 Å². The monoisotopic (exact) mass is 384 g/mol. The molecule has 1 saturated heterocycles. The van der Waals surface area contributed by atoms with Crippen LogP contribution in [0.1, 0.15) is 5.56 Å². The summed E-state index contributed by atoms with van der Waals surface area (Å²) in [6, 6.07) is 13.3. The van der Waals surface area contributed by atoms with E-state index in [9.17, 15) is 5.11 Å². The molecule has 0 atom stereocenters. The number of hydrogen-bond donors (Lipinski definition) is 2. The summed E-state index contributed by atoms with van der Waals surface area (Å²) in [4.78, 5) is 8.86. The number of piperazine rings is 1. The van der Waals surface area contributed by atoms with Crippen molar-refractivity contribution in [2.45, 2.75) is 6.54 Å². The van der Waals surface area contributed by atoms with Gasteiger partial charge in [-0.2, -0.15) is 0 Å². The number of hydrogen-bond acceptors (Lipinski definition) is 5. The summed E-state index contributed by atoms with van der Waals surface area (Å²) in [5, 5.41) is 13.5. The Morgan fingerprint density at radius 1 is 1.04 bits per heavy atom. The van der Waals surface area contributed by atoms with Crippen LogP contribution in [-0.4, -0.2) is 63.4 Å². The maximum atomic E-state index is 10.1. The lowest BCUT2D eigenvalue weighted by molar-refractivity contribution is 0.350. The summed E-state index contributed by atoms with van der Waals surface area (Å²) in [6.45, 7) is 3.88. The normalized spacial score (nSPS) is 14.8. The Morgan fingerprint density at radius 2 is 1.79 bits per heavy atom. The molecule has 0 spiro atoms. The third kappa shape index (κ3) is 4.24. The Kier molecular flexibility index (Phi) is 6.47. The van der Waals surface area contributed by atoms with Crippen molar-refractivity contribution < 1.29 is 14.6 Å². The van der Waals surface area contributed by atoms with Crippen LogP contribution in [0, 0.1) is 0 Å². The summed E-state index contributed by atoms with van der Waals surface area (Å²) in [5.74, 6) is 2.62. The minimum atomic E-state index is 0.323. The van der Waals surface area contributed by atoms with Gasteiger partial charge in [-0.15, -0.1) is 0 Å². The first-order valence-electron chi connectivity index (χ1n) is 9.36. The average Bonchev–Trinajstić information content (AvgIpc) is 2.74. The van der Waals surface area contributed by atoms with Crippen LogP contribution in [0.15, 0.2) is 47.5 Å². The second-order valence-electron chi connectivity index (χ2n) is 6.52. The molecule has 2 aromatic rings. The molecule has 1 aliphatic rings. The van der Waals surface area contributed by atoms with E-state index in [1.807, 2.05) is 36.4 Å². The fourth-order valence-electron chi connectivity index (χ4n) is 3.49. The Bertz CT molecular complexity index is 817. The van der Waals surface area contributed by atoms with Crippen LogP contribution in [-0.2, 0) is 6.54 Å². The molecule has 0 radical (unpaired) electrons. The van der Waals surface area contributed by atoms with Gasteiger partial charge in [0.2, 0.25) is 0 Å². The van der Waals surface area contributed by atoms with Gasteiger partial charge in [0.25, 0.3) is 0 Å². The Morgan fingerprint density at radius 3 is 2.43 bits per heavy atom. The molecule has 28 heavy (non-hydrogen) atoms. The molecule has 0 saturated carbocycles. The van der Waals surface area contributed by atoms with E-state index in [2.05, 4.69) is 20.1 Å². The molecule has 1 fully saturated rings. The van der Waals surface area contributed by atoms with Gasteiger partial charge in [-0.1, -0.05) is 24.3 Å². The van der Waals surface area contributed by atoms with Crippen molar-refractivity contribution >= 4 is 11.6 Å². The number of methoxy groups -OCH3 is 2. The average molecular weight is 384 g/mol. The Labute approximate surface area is 166 Å². The number of aliphatic imine (C=N–C) groups is 1. The summed E-state index contributed by atoms with van der Waals surface area (Å²) in [5.41, 5.74) is 1.89. The second kappa shape index (κ2) is 9.21. The zero-order valence-electron chi connectivity index (χ0n) is 16.7. The molecular formula is C21H28N4O3. The molecule has 0 aromatic heterocycles. The topological polar surface area (TPSA) is 69.6 Å². The predicted octanol–water partition coefficient (Wildman–Crippen LogP) is 2.31. The minimum absolute atomic E-state index is 0.323. The molecule has 0 bridgehead atoms. The molecule has 7 heteroatoms. The van der Waals surface area contributed by atoms with Gasteiger partial charge in [-0.05, 0) is 18.2 Å². The van der Waals surface area contributed by atoms with E-state index in [0.717, 1.165) is 49.1 Å². The third-order valence-electron chi connectivity index (χ3n) is 4.93. The van der Waals surface area contributed by atoms with Gasteiger partial charge >= 0.3 is 0 Å². The lowest BCUT2D eigenvalue weighted by Gasteiger charge is -2.37. The van der Waals surface area contributed by atoms with Crippen LogP contribution in [0.25, 0.3) is 0 Å². The van der Waals surface area contributed by atoms with Crippen molar-refractivity contribution in [2.24, 2.45) is 4.99 Å². The van der Waals surface area contributed by atoms with Crippen LogP contribution >= 0.6 is 0 Å². The third-order valence-corrected chi connectivity index (χ3v) is 4.93. The molecule has 150 valence electrons. The van der Waals surface area contributed by atoms with Crippen molar-refractivity contribution in [3.63, 3.8) is 0 Å². The van der Waals surface area contributed by atoms with E-state index in [4.69, 9.17) is 9.47 Å². The Balaban J connectivity index is 1.61. The quantitative estimate of drug-likeness (QED) is 0.609. The second-order valence-corrected chi connectivity index (χ2v) is 6.52. The van der Waals surface area contributed by atoms with Gasteiger partial charge < -0.3 is 29.7 Å². The number of phenols is 1. The number of nitrogens with zero attached hydrogens (tertiary/aromatic N) is 3. The first-order chi connectivity index (χ1) is 13.7. The van der Waals surface area contributed by atoms with Crippen LogP contribution in [0.4, 0.5) is 5.69 Å². The van der Waals surface area contributed by atoms with E-state index in [0.29, 0.717) is 18.0 Å². The van der Waals surface area contributed by atoms with Gasteiger partial charge in [-0.25, -0.2) is 0 Å². The van der Waals surface area contributed by atoms with E-state index in [1.54, 1.807) is 27.3 Å². The summed E-state index contributed by atoms with van der Waals surface area (Å²) >= 11 is 0. The summed E-state index contributed by atoms with van der Waals surface area (Å²) in [7, 11) is 5.08. The first-order valence-corrected chi connectivity index (χ1v) is 9.36. The van der Waals surface area contributed by atoms with Crippen LogP contribution in [0.2, 0.25) is 0 Å². The molecular weight excluding hydrogens is 356 g/mol. The number of ether oxygens (including phenoxy) is 2. The van der Waals surface area contributed by atoms with E-state index < -0.39 is 0 Å². The summed E-state index contributed by atoms with van der Waals surface area (Å²) in [6.07, 6.45) is 0. The molecule has 1 aliphatic heterocycles. The zero-order valence-corrected chi connectivity index (χ0v) is 16.7. The standard InChI is InChI=1S/C21H28N4O3/c1-22-21(23-15-16-7-6-10-19(27-2)20(16)28-3)25-13-11-24(12-14-25)17-8-4-5-9-18(17)26/h4-10,26H,11-15H2,1-3H3,(H,22,23). The fourth-order valence-corrected chi connectivity index (χ4v) is 3.49. The van der Waals surface area contributed by atoms with Crippen molar-refractivity contribution in [1.82, 2.24) is 10.2 Å². The number of aromatic hydroxyl groups is 1. The van der Waals surface area contributed by atoms with E-state index in [-0.39, 0.29) is 0 Å². The van der Waals surface area contributed by atoms with Gasteiger partial charge in [0.05, 0.1) is 19.9 Å². The summed E-state index contributed by atoms with van der Waals surface area (Å²) < 4.78 is 10.9. The SMILES string of the molecule is CN=C(NCc1cccc(OC)c1OC)N1CCN(c2ccccc2O)CC1. The van der Waals surface area contributed by atoms with E-state index in [1.165, 1.54) is 0 Å². The highest BCUT2D eigenvalue weighted by atomic mass is 16.5. The molecule has 1 heterocycles. The predicted molar refractivity (Wildman–Crippen MR) is 112 cm³/mol. The number of nitrogens with one attached hydrogen (secondary N) is 1. The number of para-hydroxylation sites is 3. The maximum absolute atomic E-state index is 10.1. The lowest BCUT2D eigenvalue weighted by atomic mass is 10.2. The van der Waals surface area contributed by atoms with Crippen molar-refractivity contribution in [3.05, 3.63) is 48.0 Å². The molecule has 0 aliphatic carbocycles. The minimum Gasteiger partial charge on any atom is -0.506 e. The maximum Gasteiger partial charge on any atom is 0.194 e. The lowest BCUT2D eigenvalue weighted by Crippen LogP contribution is -2.52. The van der Waals surface area contributed by atoms with Gasteiger partial charge in [0.15, 0.2) is 17.5 Å². The molecule has 2 aromatic carbocycles. The number of benzene rings is 2. The molecule has 7 nitrogen and oxygen atoms in total. The molecule has 0 amide bonds. The number of guanidine groups is 1. The van der Waals surface area contributed by atoms with E-state index >= 15 is 0 Å². The highest BCUT2D eigenvalue weighted by Gasteiger charge is 2.21. The van der Waals surface area contributed by atoms with Crippen LogP contribution < -0.4 is 19.7 Å². The number of phenolic OH excluding ortho intramolecular Hbond substituents is 1. The number of rotatable bonds is 5. The zero-order chi connectivity index (χ0) is 19.9. The highest BCUT2D eigenvalue weighted by Crippen LogP contribution is 2.30. The first kappa shape index (κ1) is 19.7. The van der Waals surface area contributed by atoms with Crippen molar-refractivity contribution in [1.29, 1.82) is 0 Å². The van der Waals surface area contributed by atoms with Crippen molar-refractivity contribution in [3.8, 4) is 17.2 Å². The Hall–Kier alpha value is -3.09.